The summed E-state index contributed by atoms with van der Waals surface area (Å²) < 4.78 is 6.41. The fourth-order valence-corrected chi connectivity index (χ4v) is 3.96. The quantitative estimate of drug-likeness (QED) is 0.330. The molecule has 9 heteroatoms. The Balaban J connectivity index is 1.86. The van der Waals surface area contributed by atoms with Crippen LogP contribution in [0.25, 0.3) is 6.08 Å². The van der Waals surface area contributed by atoms with Crippen LogP contribution in [0.1, 0.15) is 11.1 Å². The van der Waals surface area contributed by atoms with Gasteiger partial charge in [0.2, 0.25) is 0 Å². The maximum atomic E-state index is 12.5. The van der Waals surface area contributed by atoms with Gasteiger partial charge in [-0.25, -0.2) is 0 Å². The summed E-state index contributed by atoms with van der Waals surface area (Å²) in [5.41, 5.74) is 1.51. The lowest BCUT2D eigenvalue weighted by molar-refractivity contribution is -0.132. The molecule has 1 fully saturated rings. The van der Waals surface area contributed by atoms with Crippen LogP contribution in [0.15, 0.2) is 46.4 Å². The molecular formula is C20H15BrCl2N2O3S. The Morgan fingerprint density at radius 2 is 1.66 bits per heavy atom. The molecule has 150 valence electrons. The predicted octanol–water partition coefficient (Wildman–Crippen LogP) is 4.93. The first kappa shape index (κ1) is 21.8. The van der Waals surface area contributed by atoms with Crippen LogP contribution in [0.3, 0.4) is 0 Å². The second-order valence-electron chi connectivity index (χ2n) is 6.30. The summed E-state index contributed by atoms with van der Waals surface area (Å²) >= 11 is 20.8. The van der Waals surface area contributed by atoms with Gasteiger partial charge < -0.3 is 4.74 Å². The first-order valence-electron chi connectivity index (χ1n) is 8.37. The fourth-order valence-electron chi connectivity index (χ4n) is 2.68. The number of amides is 2. The molecule has 0 spiro atoms. The number of ether oxygens (including phenoxy) is 1. The summed E-state index contributed by atoms with van der Waals surface area (Å²) in [4.78, 5) is 27.4. The first-order chi connectivity index (χ1) is 13.7. The van der Waals surface area contributed by atoms with Crippen molar-refractivity contribution < 1.29 is 14.3 Å². The molecule has 1 saturated heterocycles. The highest BCUT2D eigenvalue weighted by atomic mass is 79.9. The van der Waals surface area contributed by atoms with Crippen molar-refractivity contribution >= 4 is 74.4 Å². The van der Waals surface area contributed by atoms with Crippen molar-refractivity contribution in [1.29, 1.82) is 0 Å². The zero-order chi connectivity index (χ0) is 21.3. The van der Waals surface area contributed by atoms with Crippen LogP contribution in [0.5, 0.6) is 5.75 Å². The Kier molecular flexibility index (Phi) is 6.63. The molecule has 0 aliphatic carbocycles. The van der Waals surface area contributed by atoms with E-state index >= 15 is 0 Å². The topological polar surface area (TPSA) is 49.9 Å². The lowest BCUT2D eigenvalue weighted by atomic mass is 10.1. The van der Waals surface area contributed by atoms with Gasteiger partial charge in [-0.1, -0.05) is 35.3 Å². The normalized spacial score (nSPS) is 14.5. The van der Waals surface area contributed by atoms with Crippen molar-refractivity contribution in [3.05, 3.63) is 67.6 Å². The van der Waals surface area contributed by atoms with Gasteiger partial charge in [0.15, 0.2) is 10.9 Å². The van der Waals surface area contributed by atoms with E-state index in [4.69, 9.17) is 40.2 Å². The summed E-state index contributed by atoms with van der Waals surface area (Å²) in [6, 6.07) is 10.6. The lowest BCUT2D eigenvalue weighted by Crippen LogP contribution is -2.52. The molecular weight excluding hydrogens is 499 g/mol. The summed E-state index contributed by atoms with van der Waals surface area (Å²) in [5, 5.41) is 1.14. The third kappa shape index (κ3) is 4.64. The molecule has 0 bridgehead atoms. The molecule has 0 aromatic heterocycles. The van der Waals surface area contributed by atoms with Crippen molar-refractivity contribution in [2.24, 2.45) is 0 Å². The van der Waals surface area contributed by atoms with Crippen LogP contribution < -0.4 is 4.74 Å². The number of nitrogens with zero attached hydrogens (tertiary/aromatic N) is 2. The summed E-state index contributed by atoms with van der Waals surface area (Å²) in [6.07, 6.45) is 1.49. The number of carbonyl (C=O) groups excluding carboxylic acids is 2. The van der Waals surface area contributed by atoms with Gasteiger partial charge in [0.25, 0.3) is 11.8 Å². The second-order valence-corrected chi connectivity index (χ2v) is 8.36. The van der Waals surface area contributed by atoms with Crippen molar-refractivity contribution in [1.82, 2.24) is 9.80 Å². The van der Waals surface area contributed by atoms with E-state index in [-0.39, 0.29) is 10.7 Å². The highest BCUT2D eigenvalue weighted by Crippen LogP contribution is 2.36. The minimum absolute atomic E-state index is 0.00130. The van der Waals surface area contributed by atoms with Crippen LogP contribution >= 0.6 is 51.3 Å². The van der Waals surface area contributed by atoms with Crippen LogP contribution in [-0.4, -0.2) is 40.8 Å². The van der Waals surface area contributed by atoms with Crippen molar-refractivity contribution in [2.75, 3.05) is 14.1 Å². The number of likely N-dealkylation sites (N-methyl/N-ethyl adjacent to an activating group) is 2. The number of hydrogen-bond donors (Lipinski definition) is 0. The van der Waals surface area contributed by atoms with Gasteiger partial charge in [-0.15, -0.1) is 0 Å². The maximum Gasteiger partial charge on any atom is 0.265 e. The number of rotatable bonds is 4. The summed E-state index contributed by atoms with van der Waals surface area (Å²) in [6.45, 7) is 0.305. The van der Waals surface area contributed by atoms with Crippen molar-refractivity contribution in [3.63, 3.8) is 0 Å². The van der Waals surface area contributed by atoms with Gasteiger partial charge in [-0.2, -0.15) is 0 Å². The average Bonchev–Trinajstić information content (AvgIpc) is 2.69. The Hall–Kier alpha value is -1.93. The largest absolute Gasteiger partial charge is 0.486 e. The van der Waals surface area contributed by atoms with Gasteiger partial charge in [-0.05, 0) is 69.6 Å². The number of halogens is 3. The van der Waals surface area contributed by atoms with Crippen LogP contribution in [0, 0.1) is 0 Å². The SMILES string of the molecule is CN1C(=O)C(=Cc2cc(Cl)c(OCc3ccc(Cl)cc3)c(Br)c2)C(=O)N(C)C1=S. The number of thiocarbonyl (C=S) groups is 1. The van der Waals surface area contributed by atoms with E-state index in [1.807, 2.05) is 12.1 Å². The molecule has 1 heterocycles. The van der Waals surface area contributed by atoms with Gasteiger partial charge in [-0.3, -0.25) is 19.4 Å². The third-order valence-corrected chi connectivity index (χ3v) is 5.94. The highest BCUT2D eigenvalue weighted by molar-refractivity contribution is 9.10. The van der Waals surface area contributed by atoms with E-state index in [9.17, 15) is 9.59 Å². The number of carbonyl (C=O) groups is 2. The van der Waals surface area contributed by atoms with E-state index in [1.165, 1.54) is 30.0 Å². The molecule has 0 atom stereocenters. The van der Waals surface area contributed by atoms with Gasteiger partial charge >= 0.3 is 0 Å². The Labute approximate surface area is 192 Å². The fraction of sp³-hybridized carbons (Fsp3) is 0.150. The average molecular weight is 514 g/mol. The van der Waals surface area contributed by atoms with Gasteiger partial charge in [0.05, 0.1) is 9.50 Å². The minimum Gasteiger partial charge on any atom is -0.486 e. The number of hydrogen-bond acceptors (Lipinski definition) is 4. The second kappa shape index (κ2) is 8.83. The van der Waals surface area contributed by atoms with E-state index in [0.29, 0.717) is 32.4 Å². The third-order valence-electron chi connectivity index (χ3n) is 4.27. The smallest absolute Gasteiger partial charge is 0.265 e. The predicted molar refractivity (Wildman–Crippen MR) is 121 cm³/mol. The molecule has 5 nitrogen and oxygen atoms in total. The van der Waals surface area contributed by atoms with Crippen LogP contribution in [0.4, 0.5) is 0 Å². The van der Waals surface area contributed by atoms with E-state index in [2.05, 4.69) is 15.9 Å². The molecule has 1 aliphatic rings. The van der Waals surface area contributed by atoms with Crippen LogP contribution in [-0.2, 0) is 16.2 Å². The van der Waals surface area contributed by atoms with Crippen molar-refractivity contribution in [3.8, 4) is 5.75 Å². The molecule has 0 radical (unpaired) electrons. The number of benzene rings is 2. The first-order valence-corrected chi connectivity index (χ1v) is 10.3. The Bertz CT molecular complexity index is 992. The molecule has 3 rings (SSSR count). The lowest BCUT2D eigenvalue weighted by Gasteiger charge is -2.31. The minimum atomic E-state index is -0.464. The maximum absolute atomic E-state index is 12.5. The molecule has 1 aliphatic heterocycles. The molecule has 0 saturated carbocycles. The van der Waals surface area contributed by atoms with Gasteiger partial charge in [0, 0.05) is 19.1 Å². The molecule has 2 aromatic carbocycles. The molecule has 2 aromatic rings. The van der Waals surface area contributed by atoms with Gasteiger partial charge in [0.1, 0.15) is 12.2 Å². The Morgan fingerprint density at radius 3 is 2.21 bits per heavy atom. The summed E-state index contributed by atoms with van der Waals surface area (Å²) in [5.74, 6) is -0.470. The Morgan fingerprint density at radius 1 is 1.07 bits per heavy atom. The monoisotopic (exact) mass is 512 g/mol. The highest BCUT2D eigenvalue weighted by Gasteiger charge is 2.35. The van der Waals surface area contributed by atoms with Crippen molar-refractivity contribution in [2.45, 2.75) is 6.61 Å². The molecule has 2 amide bonds. The summed E-state index contributed by atoms with van der Waals surface area (Å²) in [7, 11) is 3.05. The zero-order valence-electron chi connectivity index (χ0n) is 15.4. The molecule has 0 N–H and O–H groups in total. The molecule has 29 heavy (non-hydrogen) atoms. The van der Waals surface area contributed by atoms with E-state index < -0.39 is 11.8 Å². The zero-order valence-corrected chi connectivity index (χ0v) is 19.3. The van der Waals surface area contributed by atoms with E-state index in [1.54, 1.807) is 24.3 Å². The van der Waals surface area contributed by atoms with Crippen LogP contribution in [0.2, 0.25) is 10.0 Å². The van der Waals surface area contributed by atoms with E-state index in [0.717, 1.165) is 5.56 Å². The molecule has 0 unspecified atom stereocenters. The standard InChI is InChI=1S/C20H15BrCl2N2O3S/c1-24-18(26)14(19(27)25(2)20(24)29)7-12-8-15(21)17(16(23)9-12)28-10-11-3-5-13(22)6-4-11/h3-9H,10H2,1-2H3.